The molecule has 0 radical (unpaired) electrons. The highest BCUT2D eigenvalue weighted by Gasteiger charge is 2.17. The van der Waals surface area contributed by atoms with Gasteiger partial charge in [0, 0.05) is 17.8 Å². The molecule has 0 amide bonds. The molecule has 5 nitrogen and oxygen atoms in total. The zero-order valence-corrected chi connectivity index (χ0v) is 11.6. The number of rotatable bonds is 5. The predicted molar refractivity (Wildman–Crippen MR) is 76.7 cm³/mol. The largest absolute Gasteiger partial charge is 0.362 e. The highest BCUT2D eigenvalue weighted by molar-refractivity contribution is 7.07. The summed E-state index contributed by atoms with van der Waals surface area (Å²) in [6.45, 7) is 3.81. The lowest BCUT2D eigenvalue weighted by Crippen LogP contribution is -2.19. The summed E-state index contributed by atoms with van der Waals surface area (Å²) in [4.78, 5) is 14.8. The summed E-state index contributed by atoms with van der Waals surface area (Å²) in [7, 11) is 0. The van der Waals surface area contributed by atoms with Gasteiger partial charge in [-0.1, -0.05) is 0 Å². The number of aromatic nitrogens is 1. The molecule has 1 N–H and O–H groups in total. The Kier molecular flexibility index (Phi) is 4.11. The van der Waals surface area contributed by atoms with E-state index in [1.54, 1.807) is 17.4 Å². The Morgan fingerprint density at radius 3 is 2.89 bits per heavy atom. The Bertz CT molecular complexity index is 569. The van der Waals surface area contributed by atoms with E-state index >= 15 is 0 Å². The van der Waals surface area contributed by atoms with E-state index in [9.17, 15) is 10.1 Å². The Balaban J connectivity index is 2.13. The van der Waals surface area contributed by atoms with Gasteiger partial charge in [0.2, 0.25) is 5.82 Å². The lowest BCUT2D eigenvalue weighted by atomic mass is 10.1. The van der Waals surface area contributed by atoms with Crippen molar-refractivity contribution in [2.24, 2.45) is 0 Å². The van der Waals surface area contributed by atoms with E-state index in [4.69, 9.17) is 0 Å². The molecular weight excluding hydrogens is 262 g/mol. The first kappa shape index (κ1) is 13.5. The first-order valence-corrected chi connectivity index (χ1v) is 6.90. The summed E-state index contributed by atoms with van der Waals surface area (Å²) in [5.74, 6) is 0.340. The smallest absolute Gasteiger partial charge is 0.311 e. The third kappa shape index (κ3) is 3.51. The van der Waals surface area contributed by atoms with E-state index in [0.717, 1.165) is 12.1 Å². The van der Waals surface area contributed by atoms with Gasteiger partial charge >= 0.3 is 5.69 Å². The van der Waals surface area contributed by atoms with Gasteiger partial charge in [-0.2, -0.15) is 11.3 Å². The second kappa shape index (κ2) is 5.79. The number of aryl methyl sites for hydroxylation is 1. The molecule has 2 rings (SSSR count). The van der Waals surface area contributed by atoms with E-state index in [0.29, 0.717) is 5.82 Å². The number of nitrogens with one attached hydrogen (secondary N) is 1. The van der Waals surface area contributed by atoms with E-state index in [1.807, 2.05) is 19.2 Å². The molecule has 2 heterocycles. The second-order valence-corrected chi connectivity index (χ2v) is 5.24. The van der Waals surface area contributed by atoms with Crippen LogP contribution in [0.2, 0.25) is 0 Å². The SMILES string of the molecule is Cc1ccc([N+](=O)[O-])c(NC(C)Cc2ccsc2)n1. The minimum atomic E-state index is -0.411. The Morgan fingerprint density at radius 1 is 1.47 bits per heavy atom. The maximum atomic E-state index is 11.0. The molecule has 0 aliphatic rings. The van der Waals surface area contributed by atoms with E-state index in [2.05, 4.69) is 21.7 Å². The summed E-state index contributed by atoms with van der Waals surface area (Å²) < 4.78 is 0. The van der Waals surface area contributed by atoms with Gasteiger partial charge in [-0.3, -0.25) is 10.1 Å². The van der Waals surface area contributed by atoms with Crippen LogP contribution in [0.15, 0.2) is 29.0 Å². The van der Waals surface area contributed by atoms with Crippen molar-refractivity contribution in [3.63, 3.8) is 0 Å². The number of hydrogen-bond donors (Lipinski definition) is 1. The summed E-state index contributed by atoms with van der Waals surface area (Å²) in [5, 5.41) is 18.2. The predicted octanol–water partition coefficient (Wildman–Crippen LogP) is 3.40. The molecule has 0 spiro atoms. The molecule has 6 heteroatoms. The molecule has 0 aliphatic carbocycles. The van der Waals surface area contributed by atoms with Gasteiger partial charge in [-0.25, -0.2) is 4.98 Å². The number of nitro groups is 1. The van der Waals surface area contributed by atoms with Crippen LogP contribution in [0.1, 0.15) is 18.2 Å². The second-order valence-electron chi connectivity index (χ2n) is 4.46. The van der Waals surface area contributed by atoms with Crippen molar-refractivity contribution in [2.45, 2.75) is 26.3 Å². The number of pyridine rings is 1. The van der Waals surface area contributed by atoms with Crippen LogP contribution >= 0.6 is 11.3 Å². The molecule has 1 unspecified atom stereocenters. The van der Waals surface area contributed by atoms with Crippen molar-refractivity contribution in [2.75, 3.05) is 5.32 Å². The van der Waals surface area contributed by atoms with E-state index in [1.165, 1.54) is 11.6 Å². The minimum Gasteiger partial charge on any atom is -0.362 e. The molecule has 0 saturated carbocycles. The summed E-state index contributed by atoms with van der Waals surface area (Å²) in [6.07, 6.45) is 0.816. The average Bonchev–Trinajstić information content (AvgIpc) is 2.81. The molecular formula is C13H15N3O2S. The zero-order chi connectivity index (χ0) is 13.8. The lowest BCUT2D eigenvalue weighted by Gasteiger charge is -2.14. The van der Waals surface area contributed by atoms with Gasteiger partial charge in [-0.15, -0.1) is 0 Å². The van der Waals surface area contributed by atoms with Crippen molar-refractivity contribution < 1.29 is 4.92 Å². The molecule has 0 fully saturated rings. The van der Waals surface area contributed by atoms with Gasteiger partial charge in [-0.05, 0) is 48.7 Å². The monoisotopic (exact) mass is 277 g/mol. The van der Waals surface area contributed by atoms with E-state index in [-0.39, 0.29) is 11.7 Å². The molecule has 0 aromatic carbocycles. The van der Waals surface area contributed by atoms with Crippen LogP contribution in [-0.4, -0.2) is 15.9 Å². The molecule has 0 bridgehead atoms. The van der Waals surface area contributed by atoms with Crippen LogP contribution < -0.4 is 5.32 Å². The maximum absolute atomic E-state index is 11.0. The zero-order valence-electron chi connectivity index (χ0n) is 10.8. The number of hydrogen-bond acceptors (Lipinski definition) is 5. The van der Waals surface area contributed by atoms with Crippen molar-refractivity contribution in [1.82, 2.24) is 4.98 Å². The van der Waals surface area contributed by atoms with E-state index < -0.39 is 4.92 Å². The average molecular weight is 277 g/mol. The molecule has 0 saturated heterocycles. The fraction of sp³-hybridized carbons (Fsp3) is 0.308. The third-order valence-electron chi connectivity index (χ3n) is 2.71. The molecule has 100 valence electrons. The van der Waals surface area contributed by atoms with Crippen LogP contribution in [0.5, 0.6) is 0 Å². The number of nitrogens with zero attached hydrogens (tertiary/aromatic N) is 2. The van der Waals surface area contributed by atoms with Crippen LogP contribution in [0.25, 0.3) is 0 Å². The van der Waals surface area contributed by atoms with Crippen molar-refractivity contribution in [3.8, 4) is 0 Å². The van der Waals surface area contributed by atoms with Gasteiger partial charge in [0.15, 0.2) is 0 Å². The molecule has 1 atom stereocenters. The maximum Gasteiger partial charge on any atom is 0.311 e. The third-order valence-corrected chi connectivity index (χ3v) is 3.45. The quantitative estimate of drug-likeness (QED) is 0.671. The van der Waals surface area contributed by atoms with Crippen molar-refractivity contribution in [1.29, 1.82) is 0 Å². The number of anilines is 1. The normalized spacial score (nSPS) is 12.1. The van der Waals surface area contributed by atoms with Crippen LogP contribution in [-0.2, 0) is 6.42 Å². The topological polar surface area (TPSA) is 68.1 Å². The minimum absolute atomic E-state index is 0.0165. The number of thiophene rings is 1. The highest BCUT2D eigenvalue weighted by atomic mass is 32.1. The Hall–Kier alpha value is -1.95. The summed E-state index contributed by atoms with van der Waals surface area (Å²) in [6, 6.07) is 5.28. The highest BCUT2D eigenvalue weighted by Crippen LogP contribution is 2.23. The van der Waals surface area contributed by atoms with Crippen molar-refractivity contribution >= 4 is 22.8 Å². The van der Waals surface area contributed by atoms with Crippen LogP contribution in [0.4, 0.5) is 11.5 Å². The summed E-state index contributed by atoms with van der Waals surface area (Å²) in [5.41, 5.74) is 2.00. The summed E-state index contributed by atoms with van der Waals surface area (Å²) >= 11 is 1.65. The molecule has 0 aliphatic heterocycles. The van der Waals surface area contributed by atoms with Crippen LogP contribution in [0.3, 0.4) is 0 Å². The Morgan fingerprint density at radius 2 is 2.26 bits per heavy atom. The fourth-order valence-electron chi connectivity index (χ4n) is 1.85. The first-order valence-electron chi connectivity index (χ1n) is 5.96. The molecule has 2 aromatic rings. The van der Waals surface area contributed by atoms with Gasteiger partial charge in [0.25, 0.3) is 0 Å². The van der Waals surface area contributed by atoms with Gasteiger partial charge < -0.3 is 5.32 Å². The van der Waals surface area contributed by atoms with Gasteiger partial charge in [0.1, 0.15) is 0 Å². The Labute approximate surface area is 115 Å². The lowest BCUT2D eigenvalue weighted by molar-refractivity contribution is -0.384. The standard InChI is InChI=1S/C13H15N3O2S/c1-9-3-4-12(16(17)18)13(14-9)15-10(2)7-11-5-6-19-8-11/h3-6,8,10H,7H2,1-2H3,(H,14,15). The van der Waals surface area contributed by atoms with Crippen molar-refractivity contribution in [3.05, 3.63) is 50.3 Å². The van der Waals surface area contributed by atoms with Crippen LogP contribution in [0, 0.1) is 17.0 Å². The fourth-order valence-corrected chi connectivity index (χ4v) is 2.53. The van der Waals surface area contributed by atoms with Gasteiger partial charge in [0.05, 0.1) is 4.92 Å². The first-order chi connectivity index (χ1) is 9.06. The molecule has 2 aromatic heterocycles. The molecule has 19 heavy (non-hydrogen) atoms.